The molecule has 170 valence electrons. The van der Waals surface area contributed by atoms with Crippen LogP contribution in [-0.2, 0) is 28.1 Å². The number of methoxy groups -OCH3 is 1. The third kappa shape index (κ3) is 3.05. The molecule has 4 heterocycles. The van der Waals surface area contributed by atoms with Gasteiger partial charge in [0.15, 0.2) is 17.1 Å². The van der Waals surface area contributed by atoms with Crippen molar-refractivity contribution in [1.29, 1.82) is 0 Å². The zero-order valence-electron chi connectivity index (χ0n) is 17.3. The number of halogens is 1. The molecule has 0 spiro atoms. The largest absolute Gasteiger partial charge is 0.494 e. The molecule has 4 N–H and O–H groups in total. The van der Waals surface area contributed by atoms with Crippen molar-refractivity contribution in [3.05, 3.63) is 46.7 Å². The highest BCUT2D eigenvalue weighted by Gasteiger charge is 2.53. The van der Waals surface area contributed by atoms with Gasteiger partial charge in [-0.1, -0.05) is 6.07 Å². The number of carbonyl (C=O) groups is 4. The number of nitrogens with one attached hydrogen (secondary N) is 2. The monoisotopic (exact) mass is 455 g/mol. The van der Waals surface area contributed by atoms with E-state index in [1.165, 1.54) is 30.4 Å². The second-order valence-electron chi connectivity index (χ2n) is 8.00. The molecule has 5 amide bonds. The Morgan fingerprint density at radius 3 is 2.85 bits per heavy atom. The van der Waals surface area contributed by atoms with Gasteiger partial charge in [-0.25, -0.2) is 9.18 Å². The summed E-state index contributed by atoms with van der Waals surface area (Å²) in [5, 5.41) is 4.70. The number of rotatable bonds is 5. The van der Waals surface area contributed by atoms with Gasteiger partial charge in [-0.2, -0.15) is 0 Å². The molecule has 0 radical (unpaired) electrons. The Balaban J connectivity index is 1.51. The van der Waals surface area contributed by atoms with E-state index in [-0.39, 0.29) is 36.6 Å². The van der Waals surface area contributed by atoms with E-state index >= 15 is 0 Å². The molecule has 1 aromatic carbocycles. The number of urea groups is 1. The van der Waals surface area contributed by atoms with E-state index in [9.17, 15) is 23.6 Å². The van der Waals surface area contributed by atoms with Crippen molar-refractivity contribution in [1.82, 2.24) is 15.5 Å². The molecule has 0 saturated carbocycles. The lowest BCUT2D eigenvalue weighted by atomic mass is 9.95. The Kier molecular flexibility index (Phi) is 4.48. The number of ether oxygens (including phenoxy) is 1. The summed E-state index contributed by atoms with van der Waals surface area (Å²) < 4.78 is 25.5. The number of furan rings is 1. The number of primary amides is 1. The van der Waals surface area contributed by atoms with Gasteiger partial charge in [0.05, 0.1) is 25.1 Å². The third-order valence-corrected chi connectivity index (χ3v) is 6.02. The zero-order chi connectivity index (χ0) is 23.5. The van der Waals surface area contributed by atoms with E-state index in [1.807, 2.05) is 0 Å². The summed E-state index contributed by atoms with van der Waals surface area (Å²) >= 11 is 0. The van der Waals surface area contributed by atoms with Crippen LogP contribution < -0.4 is 21.1 Å². The average Bonchev–Trinajstić information content (AvgIpc) is 3.42. The van der Waals surface area contributed by atoms with Gasteiger partial charge < -0.3 is 25.1 Å². The minimum atomic E-state index is -1.77. The first kappa shape index (κ1) is 20.7. The van der Waals surface area contributed by atoms with Gasteiger partial charge in [-0.3, -0.25) is 24.7 Å². The highest BCUT2D eigenvalue weighted by atomic mass is 19.1. The van der Waals surface area contributed by atoms with Crippen LogP contribution in [-0.4, -0.2) is 48.5 Å². The quantitative estimate of drug-likeness (QED) is 0.557. The van der Waals surface area contributed by atoms with Crippen LogP contribution in [0, 0.1) is 11.7 Å². The second-order valence-corrected chi connectivity index (χ2v) is 8.00. The average molecular weight is 455 g/mol. The van der Waals surface area contributed by atoms with Crippen molar-refractivity contribution in [2.45, 2.75) is 18.5 Å². The summed E-state index contributed by atoms with van der Waals surface area (Å²) in [6.07, 6.45) is 1.53. The van der Waals surface area contributed by atoms with Crippen molar-refractivity contribution in [3.63, 3.8) is 0 Å². The number of nitrogens with two attached hydrogens (primary N) is 1. The number of imide groups is 1. The lowest BCUT2D eigenvalue weighted by molar-refractivity contribution is -0.125. The number of nitrogens with zero attached hydrogens (tertiary/aromatic N) is 2. The Hall–Kier alpha value is -4.22. The normalized spacial score (nSPS) is 23.3. The predicted octanol–water partition coefficient (Wildman–Crippen LogP) is 0.478. The first-order valence-corrected chi connectivity index (χ1v) is 9.98. The SMILES string of the molecule is COc1ccc2c(c1F)C(=O)N(CC1(c3cc4c(o3)CC(C(N)=O)C=N4)NC(=O)NC1=O)C2. The summed E-state index contributed by atoms with van der Waals surface area (Å²) in [5.41, 5.74) is 4.22. The van der Waals surface area contributed by atoms with E-state index in [0.717, 1.165) is 0 Å². The molecule has 3 aliphatic heterocycles. The van der Waals surface area contributed by atoms with Crippen LogP contribution in [0.2, 0.25) is 0 Å². The smallest absolute Gasteiger partial charge is 0.322 e. The van der Waals surface area contributed by atoms with Gasteiger partial charge in [-0.05, 0) is 11.6 Å². The van der Waals surface area contributed by atoms with Gasteiger partial charge in [-0.15, -0.1) is 0 Å². The molecular formula is C21H18FN5O6. The maximum Gasteiger partial charge on any atom is 0.322 e. The molecule has 1 fully saturated rings. The summed E-state index contributed by atoms with van der Waals surface area (Å²) in [6.45, 7) is -0.308. The fourth-order valence-electron chi connectivity index (χ4n) is 4.30. The van der Waals surface area contributed by atoms with Crippen molar-refractivity contribution >= 4 is 35.7 Å². The predicted molar refractivity (Wildman–Crippen MR) is 109 cm³/mol. The van der Waals surface area contributed by atoms with Gasteiger partial charge in [0.25, 0.3) is 11.8 Å². The molecule has 5 rings (SSSR count). The van der Waals surface area contributed by atoms with E-state index in [0.29, 0.717) is 17.0 Å². The Labute approximate surface area is 185 Å². The minimum Gasteiger partial charge on any atom is -0.494 e. The van der Waals surface area contributed by atoms with Crippen molar-refractivity contribution in [3.8, 4) is 5.75 Å². The highest BCUT2D eigenvalue weighted by molar-refractivity contribution is 6.08. The maximum atomic E-state index is 14.7. The summed E-state index contributed by atoms with van der Waals surface area (Å²) in [4.78, 5) is 55.0. The number of benzene rings is 1. The third-order valence-electron chi connectivity index (χ3n) is 6.02. The van der Waals surface area contributed by atoms with E-state index < -0.39 is 41.0 Å². The molecule has 2 unspecified atom stereocenters. The lowest BCUT2D eigenvalue weighted by Crippen LogP contribution is -2.52. The molecule has 1 aromatic heterocycles. The first-order valence-electron chi connectivity index (χ1n) is 9.98. The first-order chi connectivity index (χ1) is 15.7. The second kappa shape index (κ2) is 7.15. The van der Waals surface area contributed by atoms with Crippen LogP contribution in [0.1, 0.15) is 27.4 Å². The van der Waals surface area contributed by atoms with E-state index in [1.54, 1.807) is 6.07 Å². The highest BCUT2D eigenvalue weighted by Crippen LogP contribution is 2.38. The number of aliphatic imine (C=N–C) groups is 1. The fraction of sp³-hybridized carbons (Fsp3) is 0.286. The molecule has 12 heteroatoms. The summed E-state index contributed by atoms with van der Waals surface area (Å²) in [7, 11) is 1.29. The Bertz CT molecular complexity index is 1270. The van der Waals surface area contributed by atoms with Crippen molar-refractivity contribution in [2.24, 2.45) is 16.6 Å². The van der Waals surface area contributed by atoms with Crippen molar-refractivity contribution < 1.29 is 32.7 Å². The molecule has 2 aromatic rings. The Morgan fingerprint density at radius 2 is 2.18 bits per heavy atom. The van der Waals surface area contributed by atoms with Gasteiger partial charge in [0.1, 0.15) is 17.2 Å². The maximum absolute atomic E-state index is 14.7. The fourth-order valence-corrected chi connectivity index (χ4v) is 4.30. The molecule has 2 atom stereocenters. The number of hydrogen-bond donors (Lipinski definition) is 3. The summed E-state index contributed by atoms with van der Waals surface area (Å²) in [6, 6.07) is 3.67. The van der Waals surface area contributed by atoms with Crippen molar-refractivity contribution in [2.75, 3.05) is 13.7 Å². The van der Waals surface area contributed by atoms with Crippen LogP contribution in [0.3, 0.4) is 0 Å². The van der Waals surface area contributed by atoms with Crippen LogP contribution in [0.25, 0.3) is 0 Å². The number of carbonyl (C=O) groups excluding carboxylic acids is 4. The molecule has 33 heavy (non-hydrogen) atoms. The van der Waals surface area contributed by atoms with Gasteiger partial charge in [0.2, 0.25) is 5.91 Å². The standard InChI is InChI=1S/C21H18FN5O6/c1-32-12-3-2-9-7-27(18(29)15(9)16(12)22)8-21(19(30)25-20(31)26-21)14-5-11-13(33-14)4-10(6-24-11)17(23)28/h2-3,5-6,10H,4,7-8H2,1H3,(H2,23,28)(H2,25,26,30,31). The molecule has 0 bridgehead atoms. The topological polar surface area (TPSA) is 156 Å². The van der Waals surface area contributed by atoms with Crippen LogP contribution in [0.4, 0.5) is 14.9 Å². The Morgan fingerprint density at radius 1 is 1.39 bits per heavy atom. The minimum absolute atomic E-state index is 0.0162. The van der Waals surface area contributed by atoms with Gasteiger partial charge >= 0.3 is 6.03 Å². The van der Waals surface area contributed by atoms with Crippen LogP contribution >= 0.6 is 0 Å². The van der Waals surface area contributed by atoms with Crippen LogP contribution in [0.15, 0.2) is 27.6 Å². The molecule has 0 aliphatic carbocycles. The van der Waals surface area contributed by atoms with Crippen LogP contribution in [0.5, 0.6) is 5.75 Å². The number of amides is 5. The number of hydrogen-bond acceptors (Lipinski definition) is 7. The van der Waals surface area contributed by atoms with E-state index in [2.05, 4.69) is 15.6 Å². The molecule has 3 aliphatic rings. The lowest BCUT2D eigenvalue weighted by Gasteiger charge is -2.29. The number of fused-ring (bicyclic) bond motifs is 2. The van der Waals surface area contributed by atoms with Gasteiger partial charge in [0, 0.05) is 25.2 Å². The molecule has 11 nitrogen and oxygen atoms in total. The van der Waals surface area contributed by atoms with E-state index in [4.69, 9.17) is 14.9 Å². The zero-order valence-corrected chi connectivity index (χ0v) is 17.3. The molecule has 1 saturated heterocycles. The molecular weight excluding hydrogens is 437 g/mol. The summed E-state index contributed by atoms with van der Waals surface area (Å²) in [5.74, 6) is -3.18.